The van der Waals surface area contributed by atoms with E-state index in [1.165, 1.54) is 16.8 Å². The monoisotopic (exact) mass is 369 g/mol. The fourth-order valence-electron chi connectivity index (χ4n) is 4.02. The van der Waals surface area contributed by atoms with Crippen molar-refractivity contribution in [1.29, 1.82) is 0 Å². The van der Waals surface area contributed by atoms with Gasteiger partial charge in [0.05, 0.1) is 18.9 Å². The molecule has 1 aromatic heterocycles. The lowest BCUT2D eigenvalue weighted by Crippen LogP contribution is -2.40. The number of ether oxygens (including phenoxy) is 2. The molecule has 2 saturated heterocycles. The summed E-state index contributed by atoms with van der Waals surface area (Å²) in [5.74, 6) is 0.485. The van der Waals surface area contributed by atoms with E-state index >= 15 is 0 Å². The van der Waals surface area contributed by atoms with Crippen LogP contribution in [-0.4, -0.2) is 60.0 Å². The molecule has 1 aromatic carbocycles. The predicted octanol–water partition coefficient (Wildman–Crippen LogP) is 2.98. The number of likely N-dealkylation sites (tertiary alicyclic amines) is 1. The van der Waals surface area contributed by atoms with Gasteiger partial charge in [0.15, 0.2) is 0 Å². The first-order valence-electron chi connectivity index (χ1n) is 9.87. The molecule has 0 bridgehead atoms. The highest BCUT2D eigenvalue weighted by Gasteiger charge is 2.27. The number of hydrogen-bond donors (Lipinski definition) is 1. The molecule has 0 aliphatic carbocycles. The third kappa shape index (κ3) is 4.39. The van der Waals surface area contributed by atoms with Crippen LogP contribution in [0.2, 0.25) is 0 Å². The van der Waals surface area contributed by atoms with E-state index in [0.29, 0.717) is 12.5 Å². The highest BCUT2D eigenvalue weighted by atomic mass is 16.5. The van der Waals surface area contributed by atoms with Crippen LogP contribution in [0, 0.1) is 0 Å². The van der Waals surface area contributed by atoms with Gasteiger partial charge in [-0.15, -0.1) is 0 Å². The number of piperidine rings is 1. The second-order valence-corrected chi connectivity index (χ2v) is 7.37. The summed E-state index contributed by atoms with van der Waals surface area (Å²) in [6.07, 6.45) is 6.09. The molecule has 2 aliphatic heterocycles. The average Bonchev–Trinajstić information content (AvgIpc) is 3.41. The zero-order chi connectivity index (χ0) is 18.5. The number of rotatable bonds is 6. The summed E-state index contributed by atoms with van der Waals surface area (Å²) in [6.45, 7) is 3.02. The van der Waals surface area contributed by atoms with Crippen LogP contribution >= 0.6 is 0 Å². The molecule has 6 nitrogen and oxygen atoms in total. The molecule has 0 saturated carbocycles. The third-order valence-electron chi connectivity index (χ3n) is 5.56. The summed E-state index contributed by atoms with van der Waals surface area (Å²) >= 11 is 0. The number of carbonyl (C=O) groups excluding carboxylic acids is 1. The Morgan fingerprint density at radius 3 is 2.78 bits per heavy atom. The van der Waals surface area contributed by atoms with Gasteiger partial charge in [-0.3, -0.25) is 9.89 Å². The van der Waals surface area contributed by atoms with Crippen LogP contribution in [0.5, 0.6) is 0 Å². The van der Waals surface area contributed by atoms with Crippen LogP contribution in [0.3, 0.4) is 0 Å². The molecule has 1 unspecified atom stereocenters. The van der Waals surface area contributed by atoms with Gasteiger partial charge in [0.2, 0.25) is 5.91 Å². The number of benzene rings is 1. The molecular formula is C21H27N3O3. The highest BCUT2D eigenvalue weighted by Crippen LogP contribution is 2.33. The maximum Gasteiger partial charge on any atom is 0.248 e. The summed E-state index contributed by atoms with van der Waals surface area (Å²) in [6, 6.07) is 10.3. The van der Waals surface area contributed by atoms with Crippen LogP contribution < -0.4 is 0 Å². The van der Waals surface area contributed by atoms with Crippen molar-refractivity contribution >= 4 is 5.91 Å². The van der Waals surface area contributed by atoms with Crippen LogP contribution in [0.1, 0.15) is 37.3 Å². The van der Waals surface area contributed by atoms with Gasteiger partial charge in [-0.25, -0.2) is 0 Å². The molecule has 2 fully saturated rings. The molecule has 2 aromatic rings. The van der Waals surface area contributed by atoms with E-state index in [1.807, 2.05) is 29.3 Å². The Kier molecular flexibility index (Phi) is 5.84. The Morgan fingerprint density at radius 2 is 2.04 bits per heavy atom. The van der Waals surface area contributed by atoms with Crippen molar-refractivity contribution in [3.63, 3.8) is 0 Å². The number of aromatic nitrogens is 2. The molecule has 144 valence electrons. The Labute approximate surface area is 159 Å². The summed E-state index contributed by atoms with van der Waals surface area (Å²) in [5.41, 5.74) is 3.53. The number of nitrogens with one attached hydrogen (secondary N) is 1. The fraction of sp³-hybridized carbons (Fsp3) is 0.524. The van der Waals surface area contributed by atoms with E-state index in [2.05, 4.69) is 22.3 Å². The Hall–Kier alpha value is -2.18. The molecule has 3 heterocycles. The quantitative estimate of drug-likeness (QED) is 0.850. The molecular weight excluding hydrogens is 342 g/mol. The third-order valence-corrected chi connectivity index (χ3v) is 5.56. The number of hydrogen-bond acceptors (Lipinski definition) is 4. The Morgan fingerprint density at radius 1 is 1.22 bits per heavy atom. The first kappa shape index (κ1) is 18.2. The second-order valence-electron chi connectivity index (χ2n) is 7.37. The largest absolute Gasteiger partial charge is 0.376 e. The standard InChI is InChI=1S/C21H27N3O3/c25-20(15-26-14-18-7-4-12-27-18)24-10-8-17(9-11-24)21-19(13-22-23-21)16-5-2-1-3-6-16/h1-3,5-6,13,17-18H,4,7-12,14-15H2,(H,22,23). The SMILES string of the molecule is O=C(COCC1CCCO1)N1CCC(c2[nH]ncc2-c2ccccc2)CC1. The first-order chi connectivity index (χ1) is 13.3. The molecule has 6 heteroatoms. The van der Waals surface area contributed by atoms with Crippen LogP contribution in [-0.2, 0) is 14.3 Å². The van der Waals surface area contributed by atoms with Gasteiger partial charge >= 0.3 is 0 Å². The van der Waals surface area contributed by atoms with E-state index in [9.17, 15) is 4.79 Å². The van der Waals surface area contributed by atoms with Crippen molar-refractivity contribution in [2.24, 2.45) is 0 Å². The van der Waals surface area contributed by atoms with E-state index in [4.69, 9.17) is 9.47 Å². The van der Waals surface area contributed by atoms with Gasteiger partial charge in [-0.1, -0.05) is 30.3 Å². The van der Waals surface area contributed by atoms with Crippen LogP contribution in [0.25, 0.3) is 11.1 Å². The smallest absolute Gasteiger partial charge is 0.248 e. The summed E-state index contributed by atoms with van der Waals surface area (Å²) in [5, 5.41) is 7.46. The lowest BCUT2D eigenvalue weighted by Gasteiger charge is -2.32. The lowest BCUT2D eigenvalue weighted by molar-refractivity contribution is -0.138. The highest BCUT2D eigenvalue weighted by molar-refractivity contribution is 5.77. The molecule has 27 heavy (non-hydrogen) atoms. The molecule has 1 amide bonds. The minimum atomic E-state index is 0.0827. The van der Waals surface area contributed by atoms with Gasteiger partial charge in [-0.2, -0.15) is 5.10 Å². The van der Waals surface area contributed by atoms with Gasteiger partial charge < -0.3 is 14.4 Å². The number of carbonyl (C=O) groups is 1. The van der Waals surface area contributed by atoms with Crippen molar-refractivity contribution in [2.75, 3.05) is 32.9 Å². The van der Waals surface area contributed by atoms with Gasteiger partial charge in [-0.05, 0) is 31.2 Å². The van der Waals surface area contributed by atoms with Gasteiger partial charge in [0.25, 0.3) is 0 Å². The molecule has 0 spiro atoms. The average molecular weight is 369 g/mol. The first-order valence-corrected chi connectivity index (χ1v) is 9.87. The van der Waals surface area contributed by atoms with E-state index in [-0.39, 0.29) is 18.6 Å². The van der Waals surface area contributed by atoms with Crippen molar-refractivity contribution in [2.45, 2.75) is 37.7 Å². The van der Waals surface area contributed by atoms with Crippen molar-refractivity contribution in [3.8, 4) is 11.1 Å². The minimum absolute atomic E-state index is 0.0827. The number of amides is 1. The number of nitrogens with zero attached hydrogens (tertiary/aromatic N) is 2. The maximum atomic E-state index is 12.4. The topological polar surface area (TPSA) is 67.5 Å². The molecule has 1 N–H and O–H groups in total. The fourth-order valence-corrected chi connectivity index (χ4v) is 4.02. The number of aromatic amines is 1. The molecule has 1 atom stereocenters. The van der Waals surface area contributed by atoms with E-state index in [0.717, 1.165) is 45.4 Å². The summed E-state index contributed by atoms with van der Waals surface area (Å²) < 4.78 is 11.1. The Bertz CT molecular complexity index is 732. The van der Waals surface area contributed by atoms with E-state index in [1.54, 1.807) is 0 Å². The predicted molar refractivity (Wildman–Crippen MR) is 102 cm³/mol. The van der Waals surface area contributed by atoms with Crippen molar-refractivity contribution in [3.05, 3.63) is 42.2 Å². The lowest BCUT2D eigenvalue weighted by atomic mass is 9.89. The van der Waals surface area contributed by atoms with Gasteiger partial charge in [0.1, 0.15) is 6.61 Å². The maximum absolute atomic E-state index is 12.4. The van der Waals surface area contributed by atoms with Crippen molar-refractivity contribution in [1.82, 2.24) is 15.1 Å². The second kappa shape index (κ2) is 8.67. The summed E-state index contributed by atoms with van der Waals surface area (Å²) in [4.78, 5) is 14.3. The zero-order valence-electron chi connectivity index (χ0n) is 15.6. The minimum Gasteiger partial charge on any atom is -0.376 e. The van der Waals surface area contributed by atoms with Crippen molar-refractivity contribution < 1.29 is 14.3 Å². The molecule has 2 aliphatic rings. The normalized spacial score (nSPS) is 20.9. The molecule has 4 rings (SSSR count). The van der Waals surface area contributed by atoms with Crippen LogP contribution in [0.4, 0.5) is 0 Å². The number of H-pyrrole nitrogens is 1. The Balaban J connectivity index is 1.28. The summed E-state index contributed by atoms with van der Waals surface area (Å²) in [7, 11) is 0. The van der Waals surface area contributed by atoms with Crippen LogP contribution in [0.15, 0.2) is 36.5 Å². The van der Waals surface area contributed by atoms with Gasteiger partial charge in [0, 0.05) is 36.9 Å². The van der Waals surface area contributed by atoms with E-state index < -0.39 is 0 Å². The molecule has 0 radical (unpaired) electrons. The zero-order valence-corrected chi connectivity index (χ0v) is 15.6.